The van der Waals surface area contributed by atoms with E-state index in [1.807, 2.05) is 12.1 Å². The molecule has 290 valence electrons. The Balaban J connectivity index is 0.998. The van der Waals surface area contributed by atoms with Crippen LogP contribution in [-0.2, 0) is 0 Å². The van der Waals surface area contributed by atoms with E-state index in [1.165, 1.54) is 65.7 Å². The molecule has 0 saturated heterocycles. The van der Waals surface area contributed by atoms with Crippen molar-refractivity contribution in [1.29, 1.82) is 0 Å². The lowest BCUT2D eigenvalue weighted by Gasteiger charge is -2.28. The van der Waals surface area contributed by atoms with Crippen LogP contribution in [0.25, 0.3) is 98.8 Å². The molecule has 2 heteroatoms. The number of fused-ring (bicyclic) bond motifs is 7. The van der Waals surface area contributed by atoms with Crippen LogP contribution in [0.15, 0.2) is 241 Å². The van der Waals surface area contributed by atoms with E-state index in [0.29, 0.717) is 0 Å². The normalized spacial score (nSPS) is 11.5. The fraction of sp³-hybridized carbons (Fsp3) is 0. The minimum Gasteiger partial charge on any atom is -0.455 e. The molecule has 1 aromatic heterocycles. The standard InChI is InChI=1S/C60H39NO/c1-2-12-40(13-3-1)41-24-26-42(27-25-41)43-30-34-47(35-31-43)61(48-36-32-45(33-37-48)50-20-11-22-56-54-19-8-9-23-58(54)62-60(50)56)57-39-38-52(51-17-6-7-18-53(51)57)55-21-10-15-46-29-28-44-14-4-5-16-49(44)59(46)55/h1-39H. The molecule has 1 heterocycles. The average molecular weight is 790 g/mol. The van der Waals surface area contributed by atoms with E-state index < -0.39 is 0 Å². The number of furan rings is 1. The van der Waals surface area contributed by atoms with Crippen LogP contribution in [0.5, 0.6) is 0 Å². The zero-order chi connectivity index (χ0) is 41.0. The van der Waals surface area contributed by atoms with Crippen molar-refractivity contribution in [3.63, 3.8) is 0 Å². The summed E-state index contributed by atoms with van der Waals surface area (Å²) in [5.74, 6) is 0. The summed E-state index contributed by atoms with van der Waals surface area (Å²) in [5.41, 5.74) is 14.5. The Labute approximate surface area is 360 Å². The Morgan fingerprint density at radius 2 is 0.790 bits per heavy atom. The van der Waals surface area contributed by atoms with Gasteiger partial charge in [-0.25, -0.2) is 0 Å². The first-order valence-electron chi connectivity index (χ1n) is 21.2. The number of hydrogen-bond acceptors (Lipinski definition) is 2. The molecule has 2 nitrogen and oxygen atoms in total. The predicted octanol–water partition coefficient (Wildman–Crippen LogP) is 17.2. The monoisotopic (exact) mass is 789 g/mol. The quantitative estimate of drug-likeness (QED) is 0.150. The summed E-state index contributed by atoms with van der Waals surface area (Å²) < 4.78 is 6.47. The molecule has 12 rings (SSSR count). The highest BCUT2D eigenvalue weighted by molar-refractivity contribution is 6.18. The minimum atomic E-state index is 0.903. The zero-order valence-corrected chi connectivity index (χ0v) is 33.9. The molecule has 0 spiro atoms. The maximum atomic E-state index is 6.47. The van der Waals surface area contributed by atoms with Gasteiger partial charge in [0.15, 0.2) is 0 Å². The second-order valence-electron chi connectivity index (χ2n) is 16.0. The highest BCUT2D eigenvalue weighted by Crippen LogP contribution is 2.45. The first kappa shape index (κ1) is 35.7. The maximum absolute atomic E-state index is 6.47. The molecule has 0 unspecified atom stereocenters. The zero-order valence-electron chi connectivity index (χ0n) is 33.9. The van der Waals surface area contributed by atoms with Gasteiger partial charge in [0.05, 0.1) is 5.69 Å². The van der Waals surface area contributed by atoms with Crippen LogP contribution in [0.3, 0.4) is 0 Å². The topological polar surface area (TPSA) is 16.4 Å². The number of nitrogens with zero attached hydrogens (tertiary/aromatic N) is 1. The van der Waals surface area contributed by atoms with Crippen LogP contribution >= 0.6 is 0 Å². The van der Waals surface area contributed by atoms with E-state index in [9.17, 15) is 0 Å². The van der Waals surface area contributed by atoms with Crippen molar-refractivity contribution in [3.05, 3.63) is 237 Å². The molecule has 0 aliphatic heterocycles. The number of rotatable bonds is 7. The molecule has 62 heavy (non-hydrogen) atoms. The first-order chi connectivity index (χ1) is 30.7. The lowest BCUT2D eigenvalue weighted by atomic mass is 9.90. The second-order valence-corrected chi connectivity index (χ2v) is 16.0. The fourth-order valence-corrected chi connectivity index (χ4v) is 9.48. The van der Waals surface area contributed by atoms with Crippen LogP contribution in [-0.4, -0.2) is 0 Å². The molecular formula is C60H39NO. The molecular weight excluding hydrogens is 751 g/mol. The molecule has 0 saturated carbocycles. The molecule has 0 aliphatic carbocycles. The third kappa shape index (κ3) is 6.04. The molecule has 0 N–H and O–H groups in total. The first-order valence-corrected chi connectivity index (χ1v) is 21.2. The summed E-state index contributed by atoms with van der Waals surface area (Å²) in [6, 6.07) is 85.4. The van der Waals surface area contributed by atoms with Crippen LogP contribution < -0.4 is 4.90 Å². The van der Waals surface area contributed by atoms with Gasteiger partial charge >= 0.3 is 0 Å². The predicted molar refractivity (Wildman–Crippen MR) is 263 cm³/mol. The Hall–Kier alpha value is -8.20. The highest BCUT2D eigenvalue weighted by atomic mass is 16.3. The van der Waals surface area contributed by atoms with E-state index in [1.54, 1.807) is 0 Å². The van der Waals surface area contributed by atoms with Gasteiger partial charge in [0, 0.05) is 33.1 Å². The Bertz CT molecular complexity index is 3600. The summed E-state index contributed by atoms with van der Waals surface area (Å²) >= 11 is 0. The van der Waals surface area contributed by atoms with Crippen molar-refractivity contribution in [1.82, 2.24) is 0 Å². The minimum absolute atomic E-state index is 0.903. The van der Waals surface area contributed by atoms with E-state index in [0.717, 1.165) is 50.1 Å². The van der Waals surface area contributed by atoms with Gasteiger partial charge in [0.1, 0.15) is 11.2 Å². The Morgan fingerprint density at radius 3 is 1.53 bits per heavy atom. The van der Waals surface area contributed by atoms with Crippen LogP contribution in [0.2, 0.25) is 0 Å². The number of para-hydroxylation sites is 2. The Morgan fingerprint density at radius 1 is 0.274 bits per heavy atom. The molecule has 0 radical (unpaired) electrons. The van der Waals surface area contributed by atoms with Crippen LogP contribution in [0, 0.1) is 0 Å². The largest absolute Gasteiger partial charge is 0.455 e. The molecule has 0 atom stereocenters. The van der Waals surface area contributed by atoms with Gasteiger partial charge in [0.25, 0.3) is 0 Å². The molecule has 0 bridgehead atoms. The summed E-state index contributed by atoms with van der Waals surface area (Å²) in [5, 5.41) is 9.68. The van der Waals surface area contributed by atoms with E-state index in [4.69, 9.17) is 4.42 Å². The molecule has 0 fully saturated rings. The van der Waals surface area contributed by atoms with Gasteiger partial charge in [-0.3, -0.25) is 0 Å². The number of benzene rings is 11. The van der Waals surface area contributed by atoms with E-state index in [-0.39, 0.29) is 0 Å². The lowest BCUT2D eigenvalue weighted by Crippen LogP contribution is -2.10. The van der Waals surface area contributed by atoms with Gasteiger partial charge in [0.2, 0.25) is 0 Å². The highest BCUT2D eigenvalue weighted by Gasteiger charge is 2.20. The van der Waals surface area contributed by atoms with E-state index in [2.05, 4.69) is 229 Å². The van der Waals surface area contributed by atoms with Crippen molar-refractivity contribution in [2.75, 3.05) is 4.90 Å². The van der Waals surface area contributed by atoms with Gasteiger partial charge in [-0.2, -0.15) is 0 Å². The summed E-state index contributed by atoms with van der Waals surface area (Å²) in [6.07, 6.45) is 0. The molecule has 11 aromatic carbocycles. The van der Waals surface area contributed by atoms with Crippen molar-refractivity contribution in [2.24, 2.45) is 0 Å². The lowest BCUT2D eigenvalue weighted by molar-refractivity contribution is 0.670. The van der Waals surface area contributed by atoms with Gasteiger partial charge in [-0.05, 0) is 102 Å². The van der Waals surface area contributed by atoms with Crippen molar-refractivity contribution < 1.29 is 4.42 Å². The van der Waals surface area contributed by atoms with Gasteiger partial charge in [-0.15, -0.1) is 0 Å². The molecule has 12 aromatic rings. The van der Waals surface area contributed by atoms with Crippen LogP contribution in [0.1, 0.15) is 0 Å². The number of hydrogen-bond donors (Lipinski definition) is 0. The maximum Gasteiger partial charge on any atom is 0.143 e. The van der Waals surface area contributed by atoms with Crippen LogP contribution in [0.4, 0.5) is 17.1 Å². The van der Waals surface area contributed by atoms with Gasteiger partial charge in [-0.1, -0.05) is 200 Å². The smallest absolute Gasteiger partial charge is 0.143 e. The number of anilines is 3. The van der Waals surface area contributed by atoms with Crippen molar-refractivity contribution in [3.8, 4) is 44.5 Å². The van der Waals surface area contributed by atoms with E-state index >= 15 is 0 Å². The van der Waals surface area contributed by atoms with Gasteiger partial charge < -0.3 is 9.32 Å². The summed E-state index contributed by atoms with van der Waals surface area (Å²) in [7, 11) is 0. The summed E-state index contributed by atoms with van der Waals surface area (Å²) in [6.45, 7) is 0. The molecule has 0 aliphatic rings. The van der Waals surface area contributed by atoms with Crippen molar-refractivity contribution in [2.45, 2.75) is 0 Å². The second kappa shape index (κ2) is 14.8. The van der Waals surface area contributed by atoms with Crippen molar-refractivity contribution >= 4 is 71.3 Å². The SMILES string of the molecule is c1ccc(-c2ccc(-c3ccc(N(c4ccc(-c5cccc6c5oc5ccccc56)cc4)c4ccc(-c5cccc6ccc7ccccc7c56)c5ccccc45)cc3)cc2)cc1. The average Bonchev–Trinajstić information content (AvgIpc) is 3.74. The summed E-state index contributed by atoms with van der Waals surface area (Å²) in [4.78, 5) is 2.40. The Kier molecular flexibility index (Phi) is 8.53. The fourth-order valence-electron chi connectivity index (χ4n) is 9.48. The third-order valence-corrected chi connectivity index (χ3v) is 12.5. The molecule has 0 amide bonds. The third-order valence-electron chi connectivity index (χ3n) is 12.5.